The molecular formula is C28H39NO15. The Morgan fingerprint density at radius 3 is 2.52 bits per heavy atom. The van der Waals surface area contributed by atoms with Crippen LogP contribution in [0.5, 0.6) is 0 Å². The predicted octanol–water partition coefficient (Wildman–Crippen LogP) is -3.17. The SMILES string of the molecule is C=C[C@H]1[C@H](O[C@@H]2O[C@H](CO)[C@@H](O)C(O)(O)[C@H]2O)OC=C(C(=O)OCC[C@H](O)CO)[C@H]1/C=C/C1=CC(C(=O)O)=CN(CCO)C1. The van der Waals surface area contributed by atoms with Crippen LogP contribution in [0, 0.1) is 11.8 Å². The molecule has 3 aliphatic heterocycles. The van der Waals surface area contributed by atoms with Crippen molar-refractivity contribution >= 4 is 11.9 Å². The number of carbonyl (C=O) groups excluding carboxylic acids is 1. The highest BCUT2D eigenvalue weighted by atomic mass is 16.8. The number of aliphatic carboxylic acids is 1. The minimum atomic E-state index is -3.12. The van der Waals surface area contributed by atoms with Crippen LogP contribution in [0.25, 0.3) is 0 Å². The number of aliphatic hydroxyl groups is 8. The number of allylic oxidation sites excluding steroid dienone is 1. The number of β-amino-alcohol motifs (C(OH)–C–C–N with tert-alkyl or cyclic N) is 1. The van der Waals surface area contributed by atoms with E-state index >= 15 is 0 Å². The van der Waals surface area contributed by atoms with Crippen molar-refractivity contribution in [1.29, 1.82) is 0 Å². The molecule has 0 unspecified atom stereocenters. The fraction of sp³-hybridized carbons (Fsp3) is 0.571. The second-order valence-electron chi connectivity index (χ2n) is 10.4. The normalized spacial score (nSPS) is 31.0. The molecule has 16 nitrogen and oxygen atoms in total. The van der Waals surface area contributed by atoms with Crippen molar-refractivity contribution in [2.24, 2.45) is 11.8 Å². The molecule has 0 aliphatic carbocycles. The van der Waals surface area contributed by atoms with Gasteiger partial charge in [0, 0.05) is 31.6 Å². The molecule has 0 saturated carbocycles. The number of carboxylic acid groups (broad SMARTS) is 1. The first-order valence-electron chi connectivity index (χ1n) is 13.7. The molecule has 0 aromatic rings. The molecule has 3 heterocycles. The maximum atomic E-state index is 13.1. The van der Waals surface area contributed by atoms with Crippen LogP contribution in [0.1, 0.15) is 6.42 Å². The first kappa shape index (κ1) is 35.3. The van der Waals surface area contributed by atoms with Gasteiger partial charge in [-0.2, -0.15) is 0 Å². The van der Waals surface area contributed by atoms with E-state index in [0.29, 0.717) is 5.57 Å². The summed E-state index contributed by atoms with van der Waals surface area (Å²) in [6, 6.07) is 0. The van der Waals surface area contributed by atoms with Crippen LogP contribution in [0.4, 0.5) is 0 Å². The zero-order chi connectivity index (χ0) is 32.6. The number of hydrogen-bond donors (Lipinski definition) is 9. The Morgan fingerprint density at radius 2 is 1.91 bits per heavy atom. The summed E-state index contributed by atoms with van der Waals surface area (Å²) in [5.41, 5.74) is 0.408. The molecule has 3 aliphatic rings. The van der Waals surface area contributed by atoms with Gasteiger partial charge in [0.2, 0.25) is 12.1 Å². The Labute approximate surface area is 252 Å². The van der Waals surface area contributed by atoms with Gasteiger partial charge in [0.15, 0.2) is 12.4 Å². The lowest BCUT2D eigenvalue weighted by atomic mass is 9.83. The summed E-state index contributed by atoms with van der Waals surface area (Å²) < 4.78 is 21.9. The fourth-order valence-electron chi connectivity index (χ4n) is 4.77. The Morgan fingerprint density at radius 1 is 1.18 bits per heavy atom. The number of hydrogen-bond acceptors (Lipinski definition) is 15. The van der Waals surface area contributed by atoms with Gasteiger partial charge >= 0.3 is 11.9 Å². The maximum absolute atomic E-state index is 13.1. The van der Waals surface area contributed by atoms with E-state index in [1.807, 2.05) is 0 Å². The number of aliphatic hydroxyl groups excluding tert-OH is 6. The van der Waals surface area contributed by atoms with Crippen molar-refractivity contribution < 1.29 is 74.5 Å². The van der Waals surface area contributed by atoms with E-state index in [-0.39, 0.29) is 43.9 Å². The quantitative estimate of drug-likeness (QED) is 0.0521. The third kappa shape index (κ3) is 8.30. The van der Waals surface area contributed by atoms with Gasteiger partial charge in [-0.25, -0.2) is 9.59 Å². The van der Waals surface area contributed by atoms with E-state index in [4.69, 9.17) is 24.1 Å². The monoisotopic (exact) mass is 629 g/mol. The Kier molecular flexibility index (Phi) is 12.6. The van der Waals surface area contributed by atoms with Gasteiger partial charge in [0.25, 0.3) is 0 Å². The largest absolute Gasteiger partial charge is 0.478 e. The number of esters is 1. The third-order valence-electron chi connectivity index (χ3n) is 7.26. The minimum Gasteiger partial charge on any atom is -0.478 e. The standard InChI is InChI=1S/C28H39NO15/c1-2-18-19(4-3-15-9-16(24(36)37)11-29(10-15)6-7-30)20(25(38)41-8-5-17(33)12-31)14-42-26(18)44-27-23(35)28(39,40)22(34)21(13-32)43-27/h2-4,9,11,14,17-19,21-23,26-27,30-35,39-40H,1,5-8,10,12-13H2,(H,36,37)/b4-3+/t17-,18+,19-,21+,22+,23-,26-,27-/m0/s1. The average molecular weight is 630 g/mol. The summed E-state index contributed by atoms with van der Waals surface area (Å²) in [7, 11) is 0. The number of carbonyl (C=O) groups is 2. The molecule has 1 fully saturated rings. The van der Waals surface area contributed by atoms with Gasteiger partial charge in [0.1, 0.15) is 12.2 Å². The molecule has 0 bridgehead atoms. The molecule has 0 amide bonds. The third-order valence-corrected chi connectivity index (χ3v) is 7.26. The summed E-state index contributed by atoms with van der Waals surface area (Å²) in [4.78, 5) is 26.3. The number of rotatable bonds is 14. The second-order valence-corrected chi connectivity index (χ2v) is 10.4. The highest BCUT2D eigenvalue weighted by Crippen LogP contribution is 2.37. The van der Waals surface area contributed by atoms with Gasteiger partial charge in [-0.3, -0.25) is 0 Å². The molecule has 0 aromatic carbocycles. The van der Waals surface area contributed by atoms with E-state index in [9.17, 15) is 50.4 Å². The number of ether oxygens (including phenoxy) is 4. The molecule has 0 aromatic heterocycles. The van der Waals surface area contributed by atoms with Crippen molar-refractivity contribution in [3.63, 3.8) is 0 Å². The minimum absolute atomic E-state index is 0.0454. The first-order chi connectivity index (χ1) is 20.9. The van der Waals surface area contributed by atoms with Gasteiger partial charge in [0.05, 0.1) is 55.9 Å². The topological polar surface area (TPSA) is 256 Å². The molecule has 246 valence electrons. The maximum Gasteiger partial charge on any atom is 0.337 e. The summed E-state index contributed by atoms with van der Waals surface area (Å²) in [6.45, 7) is 2.29. The van der Waals surface area contributed by atoms with Crippen LogP contribution < -0.4 is 0 Å². The molecule has 9 N–H and O–H groups in total. The molecule has 16 heteroatoms. The average Bonchev–Trinajstić information content (AvgIpc) is 3.00. The van der Waals surface area contributed by atoms with Crippen LogP contribution >= 0.6 is 0 Å². The summed E-state index contributed by atoms with van der Waals surface area (Å²) >= 11 is 0. The van der Waals surface area contributed by atoms with Crippen molar-refractivity contribution in [2.45, 2.75) is 49.2 Å². The Balaban J connectivity index is 1.92. The van der Waals surface area contributed by atoms with E-state index in [2.05, 4.69) is 6.58 Å². The Bertz CT molecular complexity index is 1150. The van der Waals surface area contributed by atoms with Gasteiger partial charge < -0.3 is 69.8 Å². The van der Waals surface area contributed by atoms with Crippen molar-refractivity contribution in [2.75, 3.05) is 39.5 Å². The summed E-state index contributed by atoms with van der Waals surface area (Å²) in [5, 5.41) is 87.9. The van der Waals surface area contributed by atoms with Crippen molar-refractivity contribution in [3.05, 3.63) is 60.1 Å². The highest BCUT2D eigenvalue weighted by Gasteiger charge is 2.56. The van der Waals surface area contributed by atoms with Crippen molar-refractivity contribution in [1.82, 2.24) is 4.90 Å². The van der Waals surface area contributed by atoms with E-state index in [1.54, 1.807) is 11.0 Å². The van der Waals surface area contributed by atoms with Crippen LogP contribution in [0.3, 0.4) is 0 Å². The van der Waals surface area contributed by atoms with Crippen LogP contribution in [-0.4, -0.2) is 145 Å². The first-order valence-corrected chi connectivity index (χ1v) is 13.7. The van der Waals surface area contributed by atoms with Gasteiger partial charge in [-0.1, -0.05) is 18.2 Å². The second kappa shape index (κ2) is 15.7. The van der Waals surface area contributed by atoms with Gasteiger partial charge in [-0.15, -0.1) is 6.58 Å². The molecule has 0 radical (unpaired) electrons. The molecule has 1 saturated heterocycles. The van der Waals surface area contributed by atoms with Gasteiger partial charge in [-0.05, 0) is 11.6 Å². The summed E-state index contributed by atoms with van der Waals surface area (Å²) in [5.74, 6) is -7.06. The van der Waals surface area contributed by atoms with Crippen LogP contribution in [0.2, 0.25) is 0 Å². The lowest BCUT2D eigenvalue weighted by molar-refractivity contribution is -0.404. The lowest BCUT2D eigenvalue weighted by Gasteiger charge is -2.46. The molecular weight excluding hydrogens is 590 g/mol. The summed E-state index contributed by atoms with van der Waals surface area (Å²) in [6.07, 6.45) is -1.98. The molecule has 0 spiro atoms. The molecule has 44 heavy (non-hydrogen) atoms. The lowest BCUT2D eigenvalue weighted by Crippen LogP contribution is -2.68. The number of nitrogens with zero attached hydrogens (tertiary/aromatic N) is 1. The zero-order valence-corrected chi connectivity index (χ0v) is 23.7. The van der Waals surface area contributed by atoms with E-state index in [1.165, 1.54) is 24.4 Å². The van der Waals surface area contributed by atoms with Crippen molar-refractivity contribution in [3.8, 4) is 0 Å². The van der Waals surface area contributed by atoms with Crippen LogP contribution in [-0.2, 0) is 28.5 Å². The predicted molar refractivity (Wildman–Crippen MR) is 146 cm³/mol. The smallest absolute Gasteiger partial charge is 0.337 e. The highest BCUT2D eigenvalue weighted by molar-refractivity contribution is 5.90. The van der Waals surface area contributed by atoms with Crippen LogP contribution in [0.15, 0.2) is 60.1 Å². The number of carboxylic acids is 1. The fourth-order valence-corrected chi connectivity index (χ4v) is 4.77. The zero-order valence-electron chi connectivity index (χ0n) is 23.7. The molecule has 8 atom stereocenters. The Hall–Kier alpha value is -3.16. The molecule has 3 rings (SSSR count). The van der Waals surface area contributed by atoms with E-state index in [0.717, 1.165) is 6.26 Å². The van der Waals surface area contributed by atoms with E-state index < -0.39 is 79.8 Å².